The van der Waals surface area contributed by atoms with Crippen LogP contribution in [0.3, 0.4) is 0 Å². The van der Waals surface area contributed by atoms with Crippen molar-refractivity contribution in [3.05, 3.63) is 0 Å². The van der Waals surface area contributed by atoms with E-state index in [9.17, 15) is 22.8 Å². The van der Waals surface area contributed by atoms with Gasteiger partial charge in [-0.15, -0.1) is 0 Å². The maximum atomic E-state index is 11.8. The fraction of sp³-hybridized carbons (Fsp3) is 0.778. The second-order valence-electron chi connectivity index (χ2n) is 3.79. The highest BCUT2D eigenvalue weighted by Gasteiger charge is 2.51. The van der Waals surface area contributed by atoms with Crippen LogP contribution in [-0.4, -0.2) is 34.8 Å². The number of carbonyl (C=O) groups is 2. The standard InChI is InChI=1S/C9H12F3NO3S/c10-9(11,12)17-5-4-13-6(14)8(7(15)16)2-1-3-8/h1-5H2,(H,13,14)(H,15,16). The molecule has 0 unspecified atom stereocenters. The Balaban J connectivity index is 2.32. The minimum Gasteiger partial charge on any atom is -0.480 e. The van der Waals surface area contributed by atoms with Gasteiger partial charge in [0.05, 0.1) is 0 Å². The molecule has 2 N–H and O–H groups in total. The number of nitrogens with one attached hydrogen (secondary N) is 1. The lowest BCUT2D eigenvalue weighted by molar-refractivity contribution is -0.162. The molecule has 17 heavy (non-hydrogen) atoms. The molecule has 8 heteroatoms. The van der Waals surface area contributed by atoms with Gasteiger partial charge in [-0.25, -0.2) is 0 Å². The Kier molecular flexibility index (Phi) is 4.29. The summed E-state index contributed by atoms with van der Waals surface area (Å²) in [6.07, 6.45) is 1.15. The van der Waals surface area contributed by atoms with Gasteiger partial charge < -0.3 is 10.4 Å². The first-order valence-corrected chi connectivity index (χ1v) is 5.99. The van der Waals surface area contributed by atoms with Gasteiger partial charge >= 0.3 is 11.5 Å². The van der Waals surface area contributed by atoms with Gasteiger partial charge in [-0.2, -0.15) is 13.2 Å². The minimum atomic E-state index is -4.33. The normalized spacial score (nSPS) is 18.3. The summed E-state index contributed by atoms with van der Waals surface area (Å²) in [6, 6.07) is 0. The second kappa shape index (κ2) is 5.16. The Morgan fingerprint density at radius 3 is 2.29 bits per heavy atom. The molecular weight excluding hydrogens is 259 g/mol. The van der Waals surface area contributed by atoms with E-state index in [1.165, 1.54) is 0 Å². The van der Waals surface area contributed by atoms with Crippen LogP contribution >= 0.6 is 11.8 Å². The predicted molar refractivity (Wildman–Crippen MR) is 55.4 cm³/mol. The quantitative estimate of drug-likeness (QED) is 0.589. The topological polar surface area (TPSA) is 66.4 Å². The van der Waals surface area contributed by atoms with Crippen LogP contribution in [0.2, 0.25) is 0 Å². The first kappa shape index (κ1) is 14.1. The van der Waals surface area contributed by atoms with Crippen molar-refractivity contribution in [2.75, 3.05) is 12.3 Å². The Labute approximate surface area is 99.9 Å². The van der Waals surface area contributed by atoms with Crippen molar-refractivity contribution < 1.29 is 27.9 Å². The zero-order valence-electron chi connectivity index (χ0n) is 8.84. The van der Waals surface area contributed by atoms with Crippen LogP contribution in [0.4, 0.5) is 13.2 Å². The number of hydrogen-bond donors (Lipinski definition) is 2. The lowest BCUT2D eigenvalue weighted by Gasteiger charge is -2.35. The van der Waals surface area contributed by atoms with Crippen LogP contribution < -0.4 is 5.32 Å². The van der Waals surface area contributed by atoms with Crippen molar-refractivity contribution in [2.45, 2.75) is 24.8 Å². The summed E-state index contributed by atoms with van der Waals surface area (Å²) in [4.78, 5) is 22.4. The summed E-state index contributed by atoms with van der Waals surface area (Å²) in [5, 5.41) is 11.1. The van der Waals surface area contributed by atoms with E-state index in [2.05, 4.69) is 5.32 Å². The Bertz CT molecular complexity index is 315. The Hall–Kier alpha value is -0.920. The third kappa shape index (κ3) is 3.52. The van der Waals surface area contributed by atoms with E-state index in [4.69, 9.17) is 5.11 Å². The zero-order chi connectivity index (χ0) is 13.1. The van der Waals surface area contributed by atoms with Crippen molar-refractivity contribution >= 4 is 23.6 Å². The zero-order valence-corrected chi connectivity index (χ0v) is 9.66. The maximum absolute atomic E-state index is 11.8. The van der Waals surface area contributed by atoms with Gasteiger partial charge in [0.15, 0.2) is 0 Å². The van der Waals surface area contributed by atoms with Crippen molar-refractivity contribution in [3.63, 3.8) is 0 Å². The predicted octanol–water partition coefficient (Wildman–Crippen LogP) is 1.61. The SMILES string of the molecule is O=C(O)C1(C(=O)NCCSC(F)(F)F)CCC1. The van der Waals surface area contributed by atoms with Crippen molar-refractivity contribution in [1.82, 2.24) is 5.32 Å². The molecule has 98 valence electrons. The summed E-state index contributed by atoms with van der Waals surface area (Å²) in [6.45, 7) is -0.183. The van der Waals surface area contributed by atoms with E-state index in [-0.39, 0.29) is 36.9 Å². The molecule has 1 rings (SSSR count). The number of carboxylic acids is 1. The van der Waals surface area contributed by atoms with Crippen LogP contribution in [0.25, 0.3) is 0 Å². The van der Waals surface area contributed by atoms with Gasteiger partial charge in [0.2, 0.25) is 5.91 Å². The third-order valence-electron chi connectivity index (χ3n) is 2.70. The highest BCUT2D eigenvalue weighted by atomic mass is 32.2. The molecule has 0 saturated heterocycles. The fourth-order valence-electron chi connectivity index (χ4n) is 1.57. The average Bonchev–Trinajstić information content (AvgIpc) is 2.08. The van der Waals surface area contributed by atoms with Crippen LogP contribution in [0.15, 0.2) is 0 Å². The maximum Gasteiger partial charge on any atom is 0.441 e. The molecule has 0 spiro atoms. The molecule has 0 bridgehead atoms. The second-order valence-corrected chi connectivity index (χ2v) is 4.95. The molecule has 1 saturated carbocycles. The van der Waals surface area contributed by atoms with E-state index >= 15 is 0 Å². The number of halogens is 3. The molecule has 1 aliphatic rings. The van der Waals surface area contributed by atoms with E-state index in [1.54, 1.807) is 0 Å². The first-order valence-electron chi connectivity index (χ1n) is 5.00. The lowest BCUT2D eigenvalue weighted by atomic mass is 9.68. The van der Waals surface area contributed by atoms with Crippen LogP contribution in [-0.2, 0) is 9.59 Å². The number of thioether (sulfide) groups is 1. The summed E-state index contributed by atoms with van der Waals surface area (Å²) >= 11 is -0.242. The number of alkyl halides is 3. The summed E-state index contributed by atoms with van der Waals surface area (Å²) in [7, 11) is 0. The average molecular weight is 271 g/mol. The molecule has 0 radical (unpaired) electrons. The minimum absolute atomic E-state index is 0.183. The molecule has 0 aromatic rings. The Morgan fingerprint density at radius 2 is 1.94 bits per heavy atom. The van der Waals surface area contributed by atoms with Gasteiger partial charge in [0.1, 0.15) is 5.41 Å². The van der Waals surface area contributed by atoms with Crippen LogP contribution in [0.5, 0.6) is 0 Å². The van der Waals surface area contributed by atoms with Crippen molar-refractivity contribution in [3.8, 4) is 0 Å². The van der Waals surface area contributed by atoms with E-state index < -0.39 is 22.8 Å². The molecule has 1 aliphatic carbocycles. The summed E-state index contributed by atoms with van der Waals surface area (Å²) < 4.78 is 35.3. The molecule has 0 heterocycles. The number of aliphatic carboxylic acids is 1. The van der Waals surface area contributed by atoms with Crippen molar-refractivity contribution in [2.24, 2.45) is 5.41 Å². The highest BCUT2D eigenvalue weighted by molar-refractivity contribution is 8.00. The number of amides is 1. The van der Waals surface area contributed by atoms with E-state index in [0.29, 0.717) is 6.42 Å². The molecule has 0 aliphatic heterocycles. The lowest BCUT2D eigenvalue weighted by Crippen LogP contribution is -2.51. The first-order chi connectivity index (χ1) is 7.78. The molecule has 1 fully saturated rings. The van der Waals surface area contributed by atoms with Crippen LogP contribution in [0, 0.1) is 5.41 Å². The highest BCUT2D eigenvalue weighted by Crippen LogP contribution is 2.41. The van der Waals surface area contributed by atoms with Gasteiger partial charge in [-0.3, -0.25) is 9.59 Å². The smallest absolute Gasteiger partial charge is 0.441 e. The fourth-order valence-corrected chi connectivity index (χ4v) is 2.00. The van der Waals surface area contributed by atoms with E-state index in [1.807, 2.05) is 0 Å². The molecular formula is C9H12F3NO3S. The number of rotatable bonds is 5. The monoisotopic (exact) mass is 271 g/mol. The van der Waals surface area contributed by atoms with Gasteiger partial charge in [0.25, 0.3) is 0 Å². The number of hydrogen-bond acceptors (Lipinski definition) is 3. The molecule has 1 amide bonds. The summed E-state index contributed by atoms with van der Waals surface area (Å²) in [5.41, 5.74) is -5.74. The Morgan fingerprint density at radius 1 is 1.35 bits per heavy atom. The molecule has 4 nitrogen and oxygen atoms in total. The third-order valence-corrected chi connectivity index (χ3v) is 3.44. The van der Waals surface area contributed by atoms with Crippen molar-refractivity contribution in [1.29, 1.82) is 0 Å². The number of carbonyl (C=O) groups excluding carboxylic acids is 1. The molecule has 0 aromatic carbocycles. The number of carboxylic acid groups (broad SMARTS) is 1. The van der Waals surface area contributed by atoms with Crippen LogP contribution in [0.1, 0.15) is 19.3 Å². The molecule has 0 aromatic heterocycles. The van der Waals surface area contributed by atoms with Gasteiger partial charge in [-0.1, -0.05) is 6.42 Å². The summed E-state index contributed by atoms with van der Waals surface area (Å²) in [5.74, 6) is -2.20. The van der Waals surface area contributed by atoms with Gasteiger partial charge in [0, 0.05) is 12.3 Å². The van der Waals surface area contributed by atoms with Gasteiger partial charge in [-0.05, 0) is 24.6 Å². The van der Waals surface area contributed by atoms with E-state index in [0.717, 1.165) is 0 Å². The largest absolute Gasteiger partial charge is 0.480 e. The molecule has 0 atom stereocenters.